The summed E-state index contributed by atoms with van der Waals surface area (Å²) < 4.78 is 24.2. The van der Waals surface area contributed by atoms with E-state index in [1.807, 2.05) is 72.8 Å². The molecule has 7 aromatic rings. The highest BCUT2D eigenvalue weighted by atomic mass is 16.5. The lowest BCUT2D eigenvalue weighted by Crippen LogP contribution is -2.55. The summed E-state index contributed by atoms with van der Waals surface area (Å²) in [5.41, 5.74) is 6.69. The van der Waals surface area contributed by atoms with Crippen LogP contribution in [-0.4, -0.2) is 13.7 Å². The van der Waals surface area contributed by atoms with Gasteiger partial charge in [0.15, 0.2) is 0 Å². The Bertz CT molecular complexity index is 3180. The topological polar surface area (TPSA) is 93.7 Å². The lowest BCUT2D eigenvalue weighted by Gasteiger charge is -2.32. The normalized spacial score (nSPS) is 12.7. The molecule has 0 fully saturated rings. The van der Waals surface area contributed by atoms with Gasteiger partial charge in [-0.2, -0.15) is 0 Å². The van der Waals surface area contributed by atoms with Crippen LogP contribution in [0.3, 0.4) is 0 Å². The lowest BCUT2D eigenvalue weighted by molar-refractivity contribution is 0.288. The smallest absolute Gasteiger partial charge is 0.336 e. The number of aromatic nitrogens is 3. The Labute approximate surface area is 465 Å². The van der Waals surface area contributed by atoms with Crippen LogP contribution in [0.1, 0.15) is 191 Å². The van der Waals surface area contributed by atoms with Gasteiger partial charge < -0.3 is 14.2 Å². The number of hydrogen-bond acceptors (Lipinski definition) is 6. The van der Waals surface area contributed by atoms with Crippen LogP contribution in [0.25, 0.3) is 0 Å². The molecule has 0 aliphatic rings. The minimum atomic E-state index is -0.692. The first-order valence-corrected chi connectivity index (χ1v) is 27.7. The molecule has 0 bridgehead atoms. The maximum absolute atomic E-state index is 15.5. The van der Waals surface area contributed by atoms with Crippen molar-refractivity contribution in [1.29, 1.82) is 0 Å². The van der Waals surface area contributed by atoms with Crippen molar-refractivity contribution in [3.8, 4) is 17.2 Å². The minimum Gasteiger partial charge on any atom is -0.488 e. The molecular weight excluding hydrogens is 967 g/mol. The second-order valence-electron chi connectivity index (χ2n) is 27.4. The molecule has 0 atom stereocenters. The molecule has 0 aliphatic heterocycles. The molecule has 0 aliphatic carbocycles. The predicted molar refractivity (Wildman–Crippen MR) is 320 cm³/mol. The van der Waals surface area contributed by atoms with Crippen molar-refractivity contribution >= 4 is 0 Å². The van der Waals surface area contributed by atoms with Crippen LogP contribution in [0.4, 0.5) is 0 Å². The summed E-state index contributed by atoms with van der Waals surface area (Å²) in [6.07, 6.45) is 0. The SMILES string of the molecule is CC(C)(C)c1cc(Cn2c(=O)n(Cc3cc(C(C)(C)C)c(OCc4ccccc4)c(C(C)(C)C)c3)c(=O)n(Cc3ccc(C(C)(C)C)c(OCc4ccccc4)c3C(C)(C)C)c2=O)cc(C(C)(C)C)c1OCc1ccccc1. The molecule has 1 aromatic heterocycles. The number of rotatable bonds is 15. The van der Waals surface area contributed by atoms with E-state index in [2.05, 4.69) is 179 Å². The molecule has 7 rings (SSSR count). The molecule has 0 radical (unpaired) electrons. The summed E-state index contributed by atoms with van der Waals surface area (Å²) in [7, 11) is 0. The van der Waals surface area contributed by atoms with E-state index in [0.29, 0.717) is 19.8 Å². The molecule has 9 nitrogen and oxygen atoms in total. The number of ether oxygens (including phenoxy) is 3. The zero-order valence-electron chi connectivity index (χ0n) is 50.2. The number of benzene rings is 6. The quantitative estimate of drug-likeness (QED) is 0.102. The molecule has 0 N–H and O–H groups in total. The molecule has 1 heterocycles. The Balaban J connectivity index is 1.48. The molecular formula is C69H87N3O6. The van der Waals surface area contributed by atoms with E-state index in [0.717, 1.165) is 84.0 Å². The zero-order chi connectivity index (χ0) is 57.3. The van der Waals surface area contributed by atoms with Gasteiger partial charge in [-0.1, -0.05) is 228 Å². The number of hydrogen-bond donors (Lipinski definition) is 0. The van der Waals surface area contributed by atoms with Crippen molar-refractivity contribution in [1.82, 2.24) is 13.7 Å². The van der Waals surface area contributed by atoms with Gasteiger partial charge in [-0.3, -0.25) is 0 Å². The Kier molecular flexibility index (Phi) is 16.9. The molecule has 0 amide bonds. The van der Waals surface area contributed by atoms with Gasteiger partial charge in [0.05, 0.1) is 19.6 Å². The Morgan fingerprint density at radius 3 is 0.872 bits per heavy atom. The highest BCUT2D eigenvalue weighted by Gasteiger charge is 2.33. The monoisotopic (exact) mass is 1050 g/mol. The van der Waals surface area contributed by atoms with E-state index in [4.69, 9.17) is 14.2 Å². The Morgan fingerprint density at radius 2 is 0.590 bits per heavy atom. The molecule has 9 heteroatoms. The first kappa shape index (κ1) is 58.8. The van der Waals surface area contributed by atoms with E-state index in [1.54, 1.807) is 0 Å². The van der Waals surface area contributed by atoms with E-state index in [9.17, 15) is 0 Å². The summed E-state index contributed by atoms with van der Waals surface area (Å²) in [4.78, 5) is 46.6. The van der Waals surface area contributed by atoms with Gasteiger partial charge >= 0.3 is 17.1 Å². The van der Waals surface area contributed by atoms with E-state index < -0.39 is 22.5 Å². The van der Waals surface area contributed by atoms with E-state index in [1.165, 1.54) is 13.7 Å². The third kappa shape index (κ3) is 13.7. The fourth-order valence-corrected chi connectivity index (χ4v) is 10.2. The largest absolute Gasteiger partial charge is 0.488 e. The highest BCUT2D eigenvalue weighted by molar-refractivity contribution is 5.54. The van der Waals surface area contributed by atoms with Crippen LogP contribution in [0.15, 0.2) is 142 Å². The van der Waals surface area contributed by atoms with Crippen LogP contribution in [0.2, 0.25) is 0 Å². The van der Waals surface area contributed by atoms with Gasteiger partial charge in [-0.05, 0) is 95.7 Å². The minimum absolute atomic E-state index is 0.0870. The first-order valence-electron chi connectivity index (χ1n) is 27.7. The van der Waals surface area contributed by atoms with Crippen LogP contribution in [0.5, 0.6) is 17.2 Å². The van der Waals surface area contributed by atoms with Crippen LogP contribution >= 0.6 is 0 Å². The van der Waals surface area contributed by atoms with Crippen molar-refractivity contribution in [2.45, 2.75) is 197 Å². The van der Waals surface area contributed by atoms with Gasteiger partial charge in [0.1, 0.15) is 37.1 Å². The lowest BCUT2D eigenvalue weighted by atomic mass is 9.77. The molecule has 0 saturated carbocycles. The molecule has 0 saturated heterocycles. The van der Waals surface area contributed by atoms with Gasteiger partial charge in [0.2, 0.25) is 0 Å². The molecule has 0 unspecified atom stereocenters. The fraction of sp³-hybridized carbons (Fsp3) is 0.435. The van der Waals surface area contributed by atoms with Crippen molar-refractivity contribution in [3.63, 3.8) is 0 Å². The van der Waals surface area contributed by atoms with E-state index >= 15 is 14.4 Å². The average molecular weight is 1050 g/mol. The van der Waals surface area contributed by atoms with E-state index in [-0.39, 0.29) is 46.7 Å². The molecule has 78 heavy (non-hydrogen) atoms. The molecule has 414 valence electrons. The molecule has 6 aromatic carbocycles. The third-order valence-electron chi connectivity index (χ3n) is 14.4. The van der Waals surface area contributed by atoms with Gasteiger partial charge in [0.25, 0.3) is 0 Å². The van der Waals surface area contributed by atoms with Gasteiger partial charge in [-0.15, -0.1) is 0 Å². The van der Waals surface area contributed by atoms with Crippen LogP contribution in [-0.2, 0) is 71.9 Å². The summed E-state index contributed by atoms with van der Waals surface area (Å²) in [6, 6.07) is 42.7. The van der Waals surface area contributed by atoms with Crippen LogP contribution in [0, 0.1) is 0 Å². The maximum Gasteiger partial charge on any atom is 0.336 e. The second-order valence-corrected chi connectivity index (χ2v) is 27.4. The second kappa shape index (κ2) is 22.5. The zero-order valence-corrected chi connectivity index (χ0v) is 50.2. The number of nitrogens with zero attached hydrogens (tertiary/aromatic N) is 3. The van der Waals surface area contributed by atoms with Crippen LogP contribution < -0.4 is 31.3 Å². The van der Waals surface area contributed by atoms with Crippen molar-refractivity contribution < 1.29 is 14.2 Å². The summed E-state index contributed by atoms with van der Waals surface area (Å²) in [5, 5.41) is 0. The standard InChI is InChI=1S/C69H87N3O6/c1-64(2,3)52-35-34-51(57(69(16,17)18)60(52)78-45-48-32-26-21-27-33-48)42-72-62(74)70(40-49-36-53(65(4,5)6)58(54(37-49)66(7,8)9)76-43-46-28-22-19-23-29-46)61(73)71(63(72)75)41-50-38-55(67(10,11)12)59(56(39-50)68(13,14)15)77-44-47-30-24-20-25-31-47/h19-39H,40-45H2,1-18H3. The highest BCUT2D eigenvalue weighted by Crippen LogP contribution is 2.45. The third-order valence-corrected chi connectivity index (χ3v) is 14.4. The van der Waals surface area contributed by atoms with Crippen molar-refractivity contribution in [2.24, 2.45) is 0 Å². The summed E-state index contributed by atoms with van der Waals surface area (Å²) >= 11 is 0. The van der Waals surface area contributed by atoms with Crippen molar-refractivity contribution in [3.05, 3.63) is 226 Å². The summed E-state index contributed by atoms with van der Waals surface area (Å²) in [5.74, 6) is 2.31. The Hall–Kier alpha value is -6.87. The summed E-state index contributed by atoms with van der Waals surface area (Å²) in [6.45, 7) is 39.5. The van der Waals surface area contributed by atoms with Gasteiger partial charge in [-0.25, -0.2) is 28.1 Å². The Morgan fingerprint density at radius 1 is 0.308 bits per heavy atom. The van der Waals surface area contributed by atoms with Crippen molar-refractivity contribution in [2.75, 3.05) is 0 Å². The predicted octanol–water partition coefficient (Wildman–Crippen LogP) is 14.8. The van der Waals surface area contributed by atoms with Gasteiger partial charge in [0, 0.05) is 27.8 Å². The molecule has 0 spiro atoms. The maximum atomic E-state index is 15.5. The fourth-order valence-electron chi connectivity index (χ4n) is 10.2. The first-order chi connectivity index (χ1) is 36.2. The average Bonchev–Trinajstić information content (AvgIpc) is 3.46.